The van der Waals surface area contributed by atoms with Gasteiger partial charge in [0.05, 0.1) is 10.6 Å². The topological polar surface area (TPSA) is 45.2 Å². The smallest absolute Gasteiger partial charge is 0.255 e. The van der Waals surface area contributed by atoms with Crippen LogP contribution in [0.2, 0.25) is 5.02 Å². The molecule has 4 nitrogen and oxygen atoms in total. The van der Waals surface area contributed by atoms with Crippen molar-refractivity contribution in [1.82, 2.24) is 9.88 Å². The van der Waals surface area contributed by atoms with Crippen molar-refractivity contribution in [2.24, 2.45) is 5.92 Å². The first-order chi connectivity index (χ1) is 9.52. The van der Waals surface area contributed by atoms with E-state index in [9.17, 15) is 4.79 Å². The van der Waals surface area contributed by atoms with Gasteiger partial charge in [0.2, 0.25) is 0 Å². The summed E-state index contributed by atoms with van der Waals surface area (Å²) in [6, 6.07) is 1.98. The number of pyridine rings is 1. The van der Waals surface area contributed by atoms with Crippen LogP contribution in [0.5, 0.6) is 0 Å². The van der Waals surface area contributed by atoms with E-state index in [1.165, 1.54) is 0 Å². The molecule has 2 rings (SSSR count). The van der Waals surface area contributed by atoms with Crippen LogP contribution in [0.3, 0.4) is 0 Å². The predicted octanol–water partition coefficient (Wildman–Crippen LogP) is 3.43. The summed E-state index contributed by atoms with van der Waals surface area (Å²) in [5.74, 6) is 1.35. The van der Waals surface area contributed by atoms with E-state index >= 15 is 0 Å². The van der Waals surface area contributed by atoms with E-state index in [4.69, 9.17) is 11.6 Å². The van der Waals surface area contributed by atoms with Crippen LogP contribution >= 0.6 is 11.6 Å². The zero-order valence-electron chi connectivity index (χ0n) is 12.3. The van der Waals surface area contributed by atoms with Crippen LogP contribution in [-0.4, -0.2) is 34.9 Å². The van der Waals surface area contributed by atoms with Crippen molar-refractivity contribution in [3.8, 4) is 0 Å². The van der Waals surface area contributed by atoms with Crippen molar-refractivity contribution >= 4 is 23.3 Å². The molecule has 1 amide bonds. The fourth-order valence-electron chi connectivity index (χ4n) is 2.73. The first-order valence-electron chi connectivity index (χ1n) is 7.23. The molecule has 0 bridgehead atoms. The fraction of sp³-hybridized carbons (Fsp3) is 0.600. The van der Waals surface area contributed by atoms with E-state index in [1.54, 1.807) is 12.3 Å². The van der Waals surface area contributed by atoms with Crippen LogP contribution in [0.25, 0.3) is 0 Å². The van der Waals surface area contributed by atoms with E-state index in [-0.39, 0.29) is 11.9 Å². The van der Waals surface area contributed by atoms with Crippen LogP contribution in [0.4, 0.5) is 5.82 Å². The lowest BCUT2D eigenvalue weighted by molar-refractivity contribution is 0.0588. The van der Waals surface area contributed by atoms with Crippen LogP contribution in [0.15, 0.2) is 12.3 Å². The molecule has 0 aromatic carbocycles. The number of piperidine rings is 1. The van der Waals surface area contributed by atoms with Gasteiger partial charge >= 0.3 is 0 Å². The van der Waals surface area contributed by atoms with Gasteiger partial charge < -0.3 is 10.2 Å². The van der Waals surface area contributed by atoms with E-state index < -0.39 is 0 Å². The second-order valence-electron chi connectivity index (χ2n) is 5.56. The van der Waals surface area contributed by atoms with Crippen molar-refractivity contribution in [1.29, 1.82) is 0 Å². The molecule has 110 valence electrons. The first-order valence-corrected chi connectivity index (χ1v) is 7.61. The number of aromatic nitrogens is 1. The molecular formula is C15H22ClN3O. The van der Waals surface area contributed by atoms with Crippen molar-refractivity contribution in [3.63, 3.8) is 0 Å². The van der Waals surface area contributed by atoms with E-state index in [0.29, 0.717) is 22.3 Å². The molecule has 1 saturated heterocycles. The van der Waals surface area contributed by atoms with Gasteiger partial charge in [-0.25, -0.2) is 4.98 Å². The number of amides is 1. The molecule has 5 heteroatoms. The maximum Gasteiger partial charge on any atom is 0.255 e. The van der Waals surface area contributed by atoms with Gasteiger partial charge in [0, 0.05) is 25.3 Å². The molecule has 0 aliphatic carbocycles. The molecule has 1 N–H and O–H groups in total. The summed E-state index contributed by atoms with van der Waals surface area (Å²) < 4.78 is 0. The highest BCUT2D eigenvalue weighted by Crippen LogP contribution is 2.25. The molecule has 2 atom stereocenters. The third kappa shape index (κ3) is 3.23. The SMILES string of the molecule is CCNc1ncc(C(=O)N2CCC(C)CC2C)cc1Cl. The molecule has 1 aliphatic rings. The number of anilines is 1. The number of carbonyl (C=O) groups is 1. The Labute approximate surface area is 125 Å². The largest absolute Gasteiger partial charge is 0.369 e. The number of hydrogen-bond acceptors (Lipinski definition) is 3. The van der Waals surface area contributed by atoms with E-state index in [1.807, 2.05) is 11.8 Å². The Kier molecular flexibility index (Phi) is 4.86. The number of halogens is 1. The number of rotatable bonds is 3. The Bertz CT molecular complexity index is 492. The minimum atomic E-state index is 0.0295. The summed E-state index contributed by atoms with van der Waals surface area (Å²) in [7, 11) is 0. The Balaban J connectivity index is 2.15. The summed E-state index contributed by atoms with van der Waals surface area (Å²) in [6.45, 7) is 7.89. The molecule has 0 radical (unpaired) electrons. The maximum absolute atomic E-state index is 12.5. The molecule has 2 heterocycles. The summed E-state index contributed by atoms with van der Waals surface area (Å²) in [5.41, 5.74) is 0.568. The maximum atomic E-state index is 12.5. The zero-order valence-corrected chi connectivity index (χ0v) is 13.1. The zero-order chi connectivity index (χ0) is 14.7. The number of nitrogens with zero attached hydrogens (tertiary/aromatic N) is 2. The average Bonchev–Trinajstić information content (AvgIpc) is 2.40. The second kappa shape index (κ2) is 6.44. The van der Waals surface area contributed by atoms with Crippen molar-refractivity contribution in [3.05, 3.63) is 22.8 Å². The van der Waals surface area contributed by atoms with Gasteiger partial charge in [-0.3, -0.25) is 4.79 Å². The Morgan fingerprint density at radius 3 is 2.90 bits per heavy atom. The molecule has 2 unspecified atom stereocenters. The van der Waals surface area contributed by atoms with Crippen LogP contribution in [-0.2, 0) is 0 Å². The van der Waals surface area contributed by atoms with Crippen LogP contribution in [0.1, 0.15) is 44.0 Å². The van der Waals surface area contributed by atoms with Gasteiger partial charge in [0.25, 0.3) is 5.91 Å². The summed E-state index contributed by atoms with van der Waals surface area (Å²) in [5, 5.41) is 3.56. The molecule has 0 spiro atoms. The summed E-state index contributed by atoms with van der Waals surface area (Å²) in [6.07, 6.45) is 3.73. The lowest BCUT2D eigenvalue weighted by atomic mass is 9.93. The van der Waals surface area contributed by atoms with Gasteiger partial charge in [-0.2, -0.15) is 0 Å². The van der Waals surface area contributed by atoms with Crippen molar-refractivity contribution in [2.75, 3.05) is 18.4 Å². The fourth-order valence-corrected chi connectivity index (χ4v) is 2.96. The van der Waals surface area contributed by atoms with Gasteiger partial charge in [0.15, 0.2) is 0 Å². The molecule has 20 heavy (non-hydrogen) atoms. The quantitative estimate of drug-likeness (QED) is 0.929. The van der Waals surface area contributed by atoms with Gasteiger partial charge in [-0.15, -0.1) is 0 Å². The predicted molar refractivity (Wildman–Crippen MR) is 82.3 cm³/mol. The standard InChI is InChI=1S/C15H22ClN3O/c1-4-17-14-13(16)8-12(9-18-14)15(20)19-6-5-10(2)7-11(19)3/h8-11H,4-7H2,1-3H3,(H,17,18). The van der Waals surface area contributed by atoms with Crippen molar-refractivity contribution in [2.45, 2.75) is 39.7 Å². The lowest BCUT2D eigenvalue weighted by Gasteiger charge is -2.36. The average molecular weight is 296 g/mol. The Morgan fingerprint density at radius 2 is 2.30 bits per heavy atom. The molecule has 0 saturated carbocycles. The van der Waals surface area contributed by atoms with E-state index in [0.717, 1.165) is 25.9 Å². The molecule has 1 aromatic heterocycles. The van der Waals surface area contributed by atoms with Gasteiger partial charge in [-0.1, -0.05) is 18.5 Å². The summed E-state index contributed by atoms with van der Waals surface area (Å²) in [4.78, 5) is 18.7. The van der Waals surface area contributed by atoms with Crippen LogP contribution < -0.4 is 5.32 Å². The second-order valence-corrected chi connectivity index (χ2v) is 5.97. The highest BCUT2D eigenvalue weighted by molar-refractivity contribution is 6.33. The third-order valence-electron chi connectivity index (χ3n) is 3.83. The first kappa shape index (κ1) is 15.1. The summed E-state index contributed by atoms with van der Waals surface area (Å²) >= 11 is 6.15. The number of carbonyl (C=O) groups excluding carboxylic acids is 1. The Morgan fingerprint density at radius 1 is 1.55 bits per heavy atom. The molecular weight excluding hydrogens is 274 g/mol. The number of hydrogen-bond donors (Lipinski definition) is 1. The highest BCUT2D eigenvalue weighted by atomic mass is 35.5. The third-order valence-corrected chi connectivity index (χ3v) is 4.12. The van der Waals surface area contributed by atoms with E-state index in [2.05, 4.69) is 24.1 Å². The molecule has 1 fully saturated rings. The minimum Gasteiger partial charge on any atom is -0.369 e. The normalized spacial score (nSPS) is 22.7. The van der Waals surface area contributed by atoms with Gasteiger partial charge in [-0.05, 0) is 38.7 Å². The number of likely N-dealkylation sites (tertiary alicyclic amines) is 1. The van der Waals surface area contributed by atoms with Crippen LogP contribution in [0, 0.1) is 5.92 Å². The Hall–Kier alpha value is -1.29. The van der Waals surface area contributed by atoms with Crippen molar-refractivity contribution < 1.29 is 4.79 Å². The molecule has 1 aliphatic heterocycles. The monoisotopic (exact) mass is 295 g/mol. The minimum absolute atomic E-state index is 0.0295. The number of nitrogens with one attached hydrogen (secondary N) is 1. The van der Waals surface area contributed by atoms with Gasteiger partial charge in [0.1, 0.15) is 5.82 Å². The lowest BCUT2D eigenvalue weighted by Crippen LogP contribution is -2.44. The molecule has 1 aromatic rings. The highest BCUT2D eigenvalue weighted by Gasteiger charge is 2.27.